The van der Waals surface area contributed by atoms with Gasteiger partial charge in [0.1, 0.15) is 18.2 Å². The van der Waals surface area contributed by atoms with Gasteiger partial charge in [-0.2, -0.15) is 5.26 Å². The molecule has 3 aromatic rings. The number of carbonyl (C=O) groups is 1. The first kappa shape index (κ1) is 18.9. The Morgan fingerprint density at radius 2 is 2.00 bits per heavy atom. The van der Waals surface area contributed by atoms with E-state index in [0.717, 1.165) is 15.0 Å². The van der Waals surface area contributed by atoms with Crippen LogP contribution < -0.4 is 16.6 Å². The molecule has 0 fully saturated rings. The number of aromatic nitrogens is 2. The lowest BCUT2D eigenvalue weighted by Crippen LogP contribution is -2.45. The average Bonchev–Trinajstić information content (AvgIpc) is 3.43. The van der Waals surface area contributed by atoms with Crippen LogP contribution in [0.25, 0.3) is 0 Å². The van der Waals surface area contributed by atoms with Crippen LogP contribution in [0.2, 0.25) is 0 Å². The molecule has 146 valence electrons. The normalized spacial score (nSPS) is 13.5. The maximum atomic E-state index is 12.8. The zero-order chi connectivity index (χ0) is 20.4. The summed E-state index contributed by atoms with van der Waals surface area (Å²) in [4.78, 5) is 39.1. The van der Waals surface area contributed by atoms with Crippen LogP contribution in [0.15, 0.2) is 57.4 Å². The van der Waals surface area contributed by atoms with Crippen molar-refractivity contribution >= 4 is 17.2 Å². The van der Waals surface area contributed by atoms with E-state index in [1.807, 2.05) is 53.9 Å². The summed E-state index contributed by atoms with van der Waals surface area (Å²) in [7, 11) is 0. The molecule has 1 amide bonds. The third-order valence-corrected chi connectivity index (χ3v) is 5.95. The fourth-order valence-electron chi connectivity index (χ4n) is 3.66. The minimum atomic E-state index is -0.701. The van der Waals surface area contributed by atoms with Gasteiger partial charge < -0.3 is 5.32 Å². The largest absolute Gasteiger partial charge is 0.343 e. The Balaban J connectivity index is 1.66. The number of thiophene rings is 1. The van der Waals surface area contributed by atoms with Crippen LogP contribution in [-0.4, -0.2) is 15.0 Å². The maximum absolute atomic E-state index is 12.8. The van der Waals surface area contributed by atoms with Gasteiger partial charge in [0, 0.05) is 17.1 Å². The first-order valence-electron chi connectivity index (χ1n) is 9.24. The van der Waals surface area contributed by atoms with E-state index in [1.54, 1.807) is 0 Å². The van der Waals surface area contributed by atoms with Crippen LogP contribution >= 0.6 is 11.3 Å². The number of fused-ring (bicyclic) bond motifs is 1. The van der Waals surface area contributed by atoms with Gasteiger partial charge in [-0.25, -0.2) is 9.36 Å². The maximum Gasteiger partial charge on any atom is 0.331 e. The number of nitrogens with one attached hydrogen (secondary N) is 1. The van der Waals surface area contributed by atoms with Crippen molar-refractivity contribution in [3.8, 4) is 6.07 Å². The number of nitrogens with zero attached hydrogens (tertiary/aromatic N) is 3. The monoisotopic (exact) mass is 406 g/mol. The van der Waals surface area contributed by atoms with Crippen molar-refractivity contribution in [3.63, 3.8) is 0 Å². The van der Waals surface area contributed by atoms with Crippen LogP contribution in [0.1, 0.15) is 34.2 Å². The summed E-state index contributed by atoms with van der Waals surface area (Å²) in [5.41, 5.74) is 0.0870. The molecule has 0 bridgehead atoms. The summed E-state index contributed by atoms with van der Waals surface area (Å²) in [5.74, 6) is -0.464. The van der Waals surface area contributed by atoms with Gasteiger partial charge in [-0.3, -0.25) is 14.2 Å². The number of carbonyl (C=O) groups excluding carboxylic acids is 1. The zero-order valence-corrected chi connectivity index (χ0v) is 16.3. The topological polar surface area (TPSA) is 96.9 Å². The number of hydrogen-bond donors (Lipinski definition) is 1. The minimum absolute atomic E-state index is 0.0484. The molecule has 0 aliphatic carbocycles. The SMILES string of the molecule is N#Cc1c2n(c(=O)n(CC(=O)N[C@@H](c3ccccc3)c3cccs3)c1=O)CCC2. The van der Waals surface area contributed by atoms with Gasteiger partial charge in [-0.15, -0.1) is 11.3 Å². The summed E-state index contributed by atoms with van der Waals surface area (Å²) in [6, 6.07) is 14.8. The van der Waals surface area contributed by atoms with E-state index in [-0.39, 0.29) is 11.6 Å². The van der Waals surface area contributed by atoms with Gasteiger partial charge >= 0.3 is 5.69 Å². The van der Waals surface area contributed by atoms with Gasteiger partial charge in [-0.05, 0) is 29.9 Å². The molecule has 3 heterocycles. The highest BCUT2D eigenvalue weighted by Crippen LogP contribution is 2.25. The molecule has 0 saturated carbocycles. The van der Waals surface area contributed by atoms with Crippen molar-refractivity contribution in [2.75, 3.05) is 0 Å². The van der Waals surface area contributed by atoms with Crippen LogP contribution in [0.3, 0.4) is 0 Å². The molecule has 1 atom stereocenters. The standard InChI is InChI=1S/C21H18N4O3S/c22-12-15-16-8-4-10-24(16)21(28)25(20(15)27)13-18(26)23-19(17-9-5-11-29-17)14-6-2-1-3-7-14/h1-3,5-7,9,11,19H,4,8,10,13H2,(H,23,26)/t19-/m0/s1. The molecule has 0 radical (unpaired) electrons. The lowest BCUT2D eigenvalue weighted by Gasteiger charge is -2.19. The Kier molecular flexibility index (Phi) is 5.14. The second-order valence-electron chi connectivity index (χ2n) is 6.79. The highest BCUT2D eigenvalue weighted by atomic mass is 32.1. The van der Waals surface area contributed by atoms with Crippen LogP contribution in [-0.2, 0) is 24.3 Å². The number of hydrogen-bond acceptors (Lipinski definition) is 5. The van der Waals surface area contributed by atoms with Crippen LogP contribution in [0.5, 0.6) is 0 Å². The van der Waals surface area contributed by atoms with E-state index < -0.39 is 23.7 Å². The van der Waals surface area contributed by atoms with Crippen molar-refractivity contribution in [3.05, 3.63) is 90.4 Å². The molecule has 0 saturated heterocycles. The summed E-state index contributed by atoms with van der Waals surface area (Å²) < 4.78 is 2.29. The van der Waals surface area contributed by atoms with Crippen molar-refractivity contribution in [1.29, 1.82) is 5.26 Å². The third kappa shape index (κ3) is 3.52. The molecule has 7 nitrogen and oxygen atoms in total. The van der Waals surface area contributed by atoms with Crippen molar-refractivity contribution < 1.29 is 4.79 Å². The van der Waals surface area contributed by atoms with Crippen LogP contribution in [0.4, 0.5) is 0 Å². The van der Waals surface area contributed by atoms with Crippen molar-refractivity contribution in [2.24, 2.45) is 0 Å². The Morgan fingerprint density at radius 3 is 2.69 bits per heavy atom. The van der Waals surface area contributed by atoms with E-state index in [1.165, 1.54) is 15.9 Å². The number of amides is 1. The summed E-state index contributed by atoms with van der Waals surface area (Å²) >= 11 is 1.51. The Labute approximate surface area is 170 Å². The average molecular weight is 406 g/mol. The van der Waals surface area contributed by atoms with E-state index >= 15 is 0 Å². The summed E-state index contributed by atoms with van der Waals surface area (Å²) in [5, 5.41) is 14.2. The van der Waals surface area contributed by atoms with Gasteiger partial charge in [0.15, 0.2) is 0 Å². The van der Waals surface area contributed by atoms with E-state index in [2.05, 4.69) is 5.32 Å². The molecule has 29 heavy (non-hydrogen) atoms. The fourth-order valence-corrected chi connectivity index (χ4v) is 4.46. The molecule has 1 aromatic carbocycles. The van der Waals surface area contributed by atoms with Gasteiger partial charge in [-0.1, -0.05) is 36.4 Å². The summed E-state index contributed by atoms with van der Waals surface area (Å²) in [6.45, 7) is 0.0217. The number of benzene rings is 1. The van der Waals surface area contributed by atoms with E-state index in [4.69, 9.17) is 0 Å². The predicted octanol–water partition coefficient (Wildman–Crippen LogP) is 1.80. The Morgan fingerprint density at radius 1 is 1.21 bits per heavy atom. The molecular formula is C21H18N4O3S. The second kappa shape index (κ2) is 7.89. The smallest absolute Gasteiger partial charge is 0.331 e. The first-order valence-corrected chi connectivity index (χ1v) is 10.1. The van der Waals surface area contributed by atoms with Gasteiger partial charge in [0.25, 0.3) is 5.56 Å². The number of rotatable bonds is 5. The third-order valence-electron chi connectivity index (χ3n) is 5.01. The first-order chi connectivity index (χ1) is 14.1. The Hall–Kier alpha value is -3.44. The van der Waals surface area contributed by atoms with Crippen molar-refractivity contribution in [2.45, 2.75) is 32.0 Å². The molecular weight excluding hydrogens is 388 g/mol. The molecule has 1 aliphatic rings. The molecule has 2 aromatic heterocycles. The Bertz CT molecular complexity index is 1200. The van der Waals surface area contributed by atoms with Gasteiger partial charge in [0.2, 0.25) is 5.91 Å². The highest BCUT2D eigenvalue weighted by molar-refractivity contribution is 7.10. The highest BCUT2D eigenvalue weighted by Gasteiger charge is 2.24. The fraction of sp³-hybridized carbons (Fsp3) is 0.238. The van der Waals surface area contributed by atoms with Crippen molar-refractivity contribution in [1.82, 2.24) is 14.5 Å². The molecule has 4 rings (SSSR count). The number of nitriles is 1. The lowest BCUT2D eigenvalue weighted by molar-refractivity contribution is -0.122. The molecule has 1 N–H and O–H groups in total. The summed E-state index contributed by atoms with van der Waals surface area (Å²) in [6.07, 6.45) is 1.23. The van der Waals surface area contributed by atoms with E-state index in [0.29, 0.717) is 25.1 Å². The van der Waals surface area contributed by atoms with Crippen LogP contribution in [0, 0.1) is 11.3 Å². The van der Waals surface area contributed by atoms with E-state index in [9.17, 15) is 19.6 Å². The molecule has 0 spiro atoms. The van der Waals surface area contributed by atoms with Gasteiger partial charge in [0.05, 0.1) is 6.04 Å². The molecule has 0 unspecified atom stereocenters. The molecule has 8 heteroatoms. The lowest BCUT2D eigenvalue weighted by atomic mass is 10.1. The zero-order valence-electron chi connectivity index (χ0n) is 15.5. The molecule has 1 aliphatic heterocycles. The second-order valence-corrected chi connectivity index (χ2v) is 7.77. The quantitative estimate of drug-likeness (QED) is 0.699. The minimum Gasteiger partial charge on any atom is -0.343 e. The predicted molar refractivity (Wildman–Crippen MR) is 109 cm³/mol.